The molecule has 25 heavy (non-hydrogen) atoms. The molecule has 0 aliphatic heterocycles. The van der Waals surface area contributed by atoms with E-state index in [4.69, 9.17) is 28.3 Å². The second-order valence-electron chi connectivity index (χ2n) is 5.51. The zero-order valence-corrected chi connectivity index (χ0v) is 15.1. The van der Waals surface area contributed by atoms with Crippen molar-refractivity contribution in [1.82, 2.24) is 4.90 Å². The molecule has 0 aliphatic rings. The van der Waals surface area contributed by atoms with Gasteiger partial charge in [0.05, 0.1) is 23.9 Å². The summed E-state index contributed by atoms with van der Waals surface area (Å²) in [4.78, 5) is 26.6. The number of hydrogen-bond acceptors (Lipinski definition) is 4. The summed E-state index contributed by atoms with van der Waals surface area (Å²) < 4.78 is 0. The van der Waals surface area contributed by atoms with Crippen LogP contribution in [0, 0.1) is 0 Å². The van der Waals surface area contributed by atoms with Crippen LogP contribution in [0.4, 0.5) is 5.69 Å². The average Bonchev–Trinajstić information content (AvgIpc) is 2.56. The SMILES string of the molecule is CN(CCO)CC(=O)Nc1ccc(Cl)cc1C(=O)c1ccccc1Cl. The third-order valence-electron chi connectivity index (χ3n) is 3.51. The van der Waals surface area contributed by atoms with Gasteiger partial charge in [-0.25, -0.2) is 0 Å². The van der Waals surface area contributed by atoms with Gasteiger partial charge in [0.1, 0.15) is 0 Å². The molecule has 0 aliphatic carbocycles. The maximum atomic E-state index is 12.8. The van der Waals surface area contributed by atoms with Gasteiger partial charge in [0.15, 0.2) is 5.78 Å². The van der Waals surface area contributed by atoms with Gasteiger partial charge in [0.25, 0.3) is 0 Å². The lowest BCUT2D eigenvalue weighted by Gasteiger charge is -2.16. The molecule has 0 atom stereocenters. The van der Waals surface area contributed by atoms with E-state index in [1.165, 1.54) is 6.07 Å². The van der Waals surface area contributed by atoms with Crippen molar-refractivity contribution in [2.75, 3.05) is 32.1 Å². The number of rotatable bonds is 7. The number of ketones is 1. The molecular weight excluding hydrogens is 363 g/mol. The molecule has 0 fully saturated rings. The number of nitrogens with one attached hydrogen (secondary N) is 1. The van der Waals surface area contributed by atoms with E-state index in [9.17, 15) is 9.59 Å². The smallest absolute Gasteiger partial charge is 0.238 e. The molecule has 2 N–H and O–H groups in total. The van der Waals surface area contributed by atoms with E-state index in [1.54, 1.807) is 48.3 Å². The third-order valence-corrected chi connectivity index (χ3v) is 4.08. The molecule has 5 nitrogen and oxygen atoms in total. The molecule has 1 amide bonds. The van der Waals surface area contributed by atoms with Gasteiger partial charge >= 0.3 is 0 Å². The lowest BCUT2D eigenvalue weighted by atomic mass is 10.0. The topological polar surface area (TPSA) is 69.6 Å². The van der Waals surface area contributed by atoms with Crippen LogP contribution in [-0.2, 0) is 4.79 Å². The lowest BCUT2D eigenvalue weighted by molar-refractivity contribution is -0.117. The first kappa shape index (κ1) is 19.4. The standard InChI is InChI=1S/C18H18Cl2N2O3/c1-22(8-9-23)11-17(24)21-16-7-6-12(19)10-14(16)18(25)13-4-2-3-5-15(13)20/h2-7,10,23H,8-9,11H2,1H3,(H,21,24). The molecule has 132 valence electrons. The summed E-state index contributed by atoms with van der Waals surface area (Å²) in [7, 11) is 1.72. The van der Waals surface area contributed by atoms with Gasteiger partial charge in [-0.3, -0.25) is 14.5 Å². The highest BCUT2D eigenvalue weighted by Crippen LogP contribution is 2.26. The van der Waals surface area contributed by atoms with E-state index in [0.717, 1.165) is 0 Å². The van der Waals surface area contributed by atoms with Crippen molar-refractivity contribution in [3.63, 3.8) is 0 Å². The largest absolute Gasteiger partial charge is 0.395 e. The van der Waals surface area contributed by atoms with Gasteiger partial charge in [-0.05, 0) is 37.4 Å². The molecule has 2 rings (SSSR count). The molecule has 0 aromatic heterocycles. The number of aliphatic hydroxyl groups excluding tert-OH is 1. The number of hydrogen-bond donors (Lipinski definition) is 2. The highest BCUT2D eigenvalue weighted by molar-refractivity contribution is 6.36. The molecule has 0 unspecified atom stereocenters. The number of carbonyl (C=O) groups is 2. The molecule has 7 heteroatoms. The first-order chi connectivity index (χ1) is 11.9. The van der Waals surface area contributed by atoms with Crippen LogP contribution in [0.15, 0.2) is 42.5 Å². The normalized spacial score (nSPS) is 10.8. The Morgan fingerprint density at radius 1 is 1.12 bits per heavy atom. The van der Waals surface area contributed by atoms with Crippen LogP contribution in [0.1, 0.15) is 15.9 Å². The van der Waals surface area contributed by atoms with Crippen molar-refractivity contribution >= 4 is 40.6 Å². The number of likely N-dealkylation sites (N-methyl/N-ethyl adjacent to an activating group) is 1. The van der Waals surface area contributed by atoms with Gasteiger partial charge in [-0.15, -0.1) is 0 Å². The van der Waals surface area contributed by atoms with Crippen molar-refractivity contribution in [3.8, 4) is 0 Å². The van der Waals surface area contributed by atoms with Crippen molar-refractivity contribution in [1.29, 1.82) is 0 Å². The van der Waals surface area contributed by atoms with Crippen molar-refractivity contribution < 1.29 is 14.7 Å². The van der Waals surface area contributed by atoms with Crippen LogP contribution in [0.5, 0.6) is 0 Å². The molecule has 0 saturated carbocycles. The number of amides is 1. The van der Waals surface area contributed by atoms with E-state index in [2.05, 4.69) is 5.32 Å². The fourth-order valence-corrected chi connectivity index (χ4v) is 2.68. The number of carbonyl (C=O) groups excluding carboxylic acids is 2. The summed E-state index contributed by atoms with van der Waals surface area (Å²) in [6.07, 6.45) is 0. The Morgan fingerprint density at radius 2 is 1.84 bits per heavy atom. The molecule has 2 aromatic rings. The summed E-state index contributed by atoms with van der Waals surface area (Å²) in [6.45, 7) is 0.420. The number of anilines is 1. The highest BCUT2D eigenvalue weighted by Gasteiger charge is 2.18. The van der Waals surface area contributed by atoms with E-state index in [0.29, 0.717) is 27.8 Å². The first-order valence-electron chi connectivity index (χ1n) is 7.60. The van der Waals surface area contributed by atoms with Crippen LogP contribution in [0.2, 0.25) is 10.0 Å². The Kier molecular flexibility index (Phi) is 6.96. The Hall–Kier alpha value is -1.92. The Morgan fingerprint density at radius 3 is 2.52 bits per heavy atom. The van der Waals surface area contributed by atoms with Crippen LogP contribution in [0.3, 0.4) is 0 Å². The first-order valence-corrected chi connectivity index (χ1v) is 8.36. The second kappa shape index (κ2) is 8.97. The molecule has 0 spiro atoms. The predicted molar refractivity (Wildman–Crippen MR) is 99.5 cm³/mol. The van der Waals surface area contributed by atoms with Gasteiger partial charge in [-0.2, -0.15) is 0 Å². The minimum atomic E-state index is -0.327. The quantitative estimate of drug-likeness (QED) is 0.724. The fraction of sp³-hybridized carbons (Fsp3) is 0.222. The van der Waals surface area contributed by atoms with Crippen molar-refractivity contribution in [2.45, 2.75) is 0 Å². The lowest BCUT2D eigenvalue weighted by Crippen LogP contribution is -2.32. The Labute approximate surface area is 156 Å². The van der Waals surface area contributed by atoms with Crippen molar-refractivity contribution in [3.05, 3.63) is 63.6 Å². The zero-order valence-electron chi connectivity index (χ0n) is 13.6. The summed E-state index contributed by atoms with van der Waals surface area (Å²) in [5, 5.41) is 12.3. The number of nitrogens with zero attached hydrogens (tertiary/aromatic N) is 1. The summed E-state index contributed by atoms with van der Waals surface area (Å²) >= 11 is 12.1. The molecule has 2 aromatic carbocycles. The Balaban J connectivity index is 2.27. The maximum Gasteiger partial charge on any atom is 0.238 e. The molecule has 0 radical (unpaired) electrons. The predicted octanol–water partition coefficient (Wildman–Crippen LogP) is 3.09. The van der Waals surface area contributed by atoms with Gasteiger partial charge < -0.3 is 10.4 Å². The third kappa shape index (κ3) is 5.28. The number of aliphatic hydroxyl groups is 1. The highest BCUT2D eigenvalue weighted by atomic mass is 35.5. The second-order valence-corrected chi connectivity index (χ2v) is 6.35. The van der Waals surface area contributed by atoms with Gasteiger partial charge in [0, 0.05) is 22.7 Å². The van der Waals surface area contributed by atoms with E-state index in [-0.39, 0.29) is 30.4 Å². The summed E-state index contributed by atoms with van der Waals surface area (Å²) in [6, 6.07) is 11.4. The number of benzene rings is 2. The maximum absolute atomic E-state index is 12.8. The molecular formula is C18H18Cl2N2O3. The van der Waals surface area contributed by atoms with E-state index < -0.39 is 0 Å². The van der Waals surface area contributed by atoms with E-state index in [1.807, 2.05) is 0 Å². The Bertz CT molecular complexity index is 781. The summed E-state index contributed by atoms with van der Waals surface area (Å²) in [5.41, 5.74) is 0.954. The minimum absolute atomic E-state index is 0.0407. The van der Waals surface area contributed by atoms with Crippen LogP contribution in [0.25, 0.3) is 0 Å². The monoisotopic (exact) mass is 380 g/mol. The van der Waals surface area contributed by atoms with Gasteiger partial charge in [-0.1, -0.05) is 35.3 Å². The fourth-order valence-electron chi connectivity index (χ4n) is 2.29. The van der Waals surface area contributed by atoms with E-state index >= 15 is 0 Å². The van der Waals surface area contributed by atoms with Crippen LogP contribution in [-0.4, -0.2) is 48.4 Å². The van der Waals surface area contributed by atoms with Crippen molar-refractivity contribution in [2.24, 2.45) is 0 Å². The molecule has 0 heterocycles. The summed E-state index contributed by atoms with van der Waals surface area (Å²) in [5.74, 6) is -0.626. The minimum Gasteiger partial charge on any atom is -0.395 e. The molecule has 0 saturated heterocycles. The zero-order chi connectivity index (χ0) is 18.4. The van der Waals surface area contributed by atoms with Crippen LogP contribution >= 0.6 is 23.2 Å². The molecule has 0 bridgehead atoms. The average molecular weight is 381 g/mol. The van der Waals surface area contributed by atoms with Crippen LogP contribution < -0.4 is 5.32 Å². The van der Waals surface area contributed by atoms with Gasteiger partial charge in [0.2, 0.25) is 5.91 Å². The number of halogens is 2.